The summed E-state index contributed by atoms with van der Waals surface area (Å²) in [6.45, 7) is 19.6. The number of thiol groups is 1. The Morgan fingerprint density at radius 3 is 1.90 bits per heavy atom. The summed E-state index contributed by atoms with van der Waals surface area (Å²) in [6, 6.07) is 28.2. The largest absolute Gasteiger partial charge is 0.493 e. The van der Waals surface area contributed by atoms with Gasteiger partial charge in [0.1, 0.15) is 19.4 Å². The van der Waals surface area contributed by atoms with Crippen molar-refractivity contribution in [3.8, 4) is 23.0 Å². The first-order valence-electron chi connectivity index (χ1n) is 26.6. The predicted octanol–water partition coefficient (Wildman–Crippen LogP) is 12.4. The molecule has 5 aromatic carbocycles. The number of rotatable bonds is 21. The van der Waals surface area contributed by atoms with Gasteiger partial charge in [-0.3, -0.25) is 19.2 Å². The van der Waals surface area contributed by atoms with E-state index in [1.165, 1.54) is 24.8 Å². The summed E-state index contributed by atoms with van der Waals surface area (Å²) in [5.41, 5.74) is 8.78. The molecule has 0 radical (unpaired) electrons. The maximum atomic E-state index is 12.5. The number of nitrogens with one attached hydrogen (secondary N) is 4. The molecule has 17 heteroatoms. The highest BCUT2D eigenvalue weighted by Gasteiger charge is 2.34. The number of aldehydes is 1. The number of carbonyl (C=O) groups is 4. The minimum absolute atomic E-state index is 0.0964. The number of aliphatic hydroxyl groups is 1. The van der Waals surface area contributed by atoms with Crippen molar-refractivity contribution in [2.24, 2.45) is 0 Å². The molecule has 0 saturated carbocycles. The van der Waals surface area contributed by atoms with E-state index in [1.807, 2.05) is 109 Å². The number of hydrogen-bond donors (Lipinski definition) is 6. The number of likely N-dealkylation sites (N-methyl/N-ethyl adjacent to an activating group) is 1. The normalized spacial score (nSPS) is 14.3. The van der Waals surface area contributed by atoms with Gasteiger partial charge in [0, 0.05) is 72.7 Å². The summed E-state index contributed by atoms with van der Waals surface area (Å²) in [5, 5.41) is 23.7. The van der Waals surface area contributed by atoms with Crippen LogP contribution in [0.2, 0.25) is 0 Å². The highest BCUT2D eigenvalue weighted by Crippen LogP contribution is 2.38. The van der Waals surface area contributed by atoms with Crippen molar-refractivity contribution in [2.45, 2.75) is 131 Å². The van der Waals surface area contributed by atoms with Crippen LogP contribution < -0.4 is 50.0 Å². The molecule has 2 heterocycles. The lowest BCUT2D eigenvalue weighted by molar-refractivity contribution is -0.121. The molecule has 7 rings (SSSR count). The van der Waals surface area contributed by atoms with Crippen molar-refractivity contribution in [2.75, 3.05) is 66.4 Å². The number of methoxy groups -OCH3 is 2. The van der Waals surface area contributed by atoms with E-state index in [4.69, 9.17) is 18.9 Å². The second-order valence-electron chi connectivity index (χ2n) is 17.8. The van der Waals surface area contributed by atoms with E-state index in [2.05, 4.69) is 71.8 Å². The molecule has 420 valence electrons. The van der Waals surface area contributed by atoms with Crippen LogP contribution in [0.5, 0.6) is 23.0 Å². The monoisotopic (exact) mass is 1100 g/mol. The molecule has 0 spiro atoms. The first-order valence-corrected chi connectivity index (χ1v) is 28.3. The van der Waals surface area contributed by atoms with Gasteiger partial charge in [0.15, 0.2) is 29.3 Å². The zero-order valence-corrected chi connectivity index (χ0v) is 49.2. The molecule has 15 nitrogen and oxygen atoms in total. The van der Waals surface area contributed by atoms with Crippen molar-refractivity contribution in [1.82, 2.24) is 5.32 Å². The fourth-order valence-electron chi connectivity index (χ4n) is 8.45. The summed E-state index contributed by atoms with van der Waals surface area (Å²) >= 11 is 5.22. The van der Waals surface area contributed by atoms with Crippen molar-refractivity contribution >= 4 is 76.7 Å². The van der Waals surface area contributed by atoms with Crippen molar-refractivity contribution in [1.29, 1.82) is 0 Å². The maximum Gasteiger partial charge on any atom is 0.283 e. The second kappa shape index (κ2) is 34.3. The number of aliphatic hydroxyl groups excluding tert-OH is 1. The number of benzene rings is 5. The smallest absolute Gasteiger partial charge is 0.283 e. The van der Waals surface area contributed by atoms with Crippen LogP contribution in [0.3, 0.4) is 0 Å². The Bertz CT molecular complexity index is 2640. The standard InChI is InChI=1S/C46H49N5O8S.C7H15NOS.C3H8.2C2H6/c1-28-14-41(56-3)43(21-36(28)49-45(54)40-19-32-11-7-9-13-39(32)51(40)27-53)58-25-29-15-30(17-34(16-29)48-46(55)60-5)26-59-44-22-37(33(24-52)20-42(44)57-4)47-23-35-18-31-10-6-8-12-38(31)50(35)2;1-3-8-7(9)5-4-6(2)10;1-3-2;2*1-2/h6-17,20-22,24,27,35,40,45,47,49,54H,18-19,23,25-26H2,1-5H3,(H,48,55);6,10H,3-5H2,1-2H3,(H,8,9);3H2,1-2H3;2*1-2H3/t35?,40?,45-;;;;/m1..../s1. The zero-order valence-electron chi connectivity index (χ0n) is 47.5. The molecule has 3 unspecified atom stereocenters. The first kappa shape index (κ1) is 64.7. The summed E-state index contributed by atoms with van der Waals surface area (Å²) in [7, 11) is 5.16. The van der Waals surface area contributed by atoms with Crippen LogP contribution in [0.25, 0.3) is 0 Å². The van der Waals surface area contributed by atoms with E-state index in [0.717, 1.165) is 71.8 Å². The Hall–Kier alpha value is -6.56. The average Bonchev–Trinajstić information content (AvgIpc) is 4.01. The molecule has 2 aliphatic rings. The van der Waals surface area contributed by atoms with Crippen LogP contribution in [0.4, 0.5) is 33.2 Å². The third-order valence-electron chi connectivity index (χ3n) is 12.2. The Kier molecular flexibility index (Phi) is 28.8. The van der Waals surface area contributed by atoms with Gasteiger partial charge in [-0.1, -0.05) is 103 Å². The topological polar surface area (TPSA) is 180 Å². The summed E-state index contributed by atoms with van der Waals surface area (Å²) in [5.74, 6) is 1.88. The highest BCUT2D eigenvalue weighted by molar-refractivity contribution is 8.13. The van der Waals surface area contributed by atoms with Gasteiger partial charge in [-0.2, -0.15) is 12.6 Å². The number of fused-ring (bicyclic) bond motifs is 2. The number of carbonyl (C=O) groups excluding carboxylic acids is 4. The minimum Gasteiger partial charge on any atom is -0.493 e. The Labute approximate surface area is 468 Å². The number of para-hydroxylation sites is 2. The first-order chi connectivity index (χ1) is 37.2. The lowest BCUT2D eigenvalue weighted by Gasteiger charge is -2.28. The lowest BCUT2D eigenvalue weighted by atomic mass is 10.1. The summed E-state index contributed by atoms with van der Waals surface area (Å²) in [4.78, 5) is 51.4. The molecule has 0 fully saturated rings. The van der Waals surface area contributed by atoms with Gasteiger partial charge >= 0.3 is 0 Å². The fourth-order valence-corrected chi connectivity index (χ4v) is 8.80. The van der Waals surface area contributed by atoms with Gasteiger partial charge in [0.25, 0.3) is 5.24 Å². The van der Waals surface area contributed by atoms with Crippen molar-refractivity contribution in [3.05, 3.63) is 124 Å². The van der Waals surface area contributed by atoms with Crippen LogP contribution in [0.15, 0.2) is 91.0 Å². The van der Waals surface area contributed by atoms with Crippen molar-refractivity contribution < 1.29 is 43.2 Å². The molecule has 0 aliphatic carbocycles. The van der Waals surface area contributed by atoms with Crippen LogP contribution >= 0.6 is 24.4 Å². The number of aryl methyl sites for hydroxylation is 1. The van der Waals surface area contributed by atoms with Crippen LogP contribution in [0.1, 0.15) is 113 Å². The average molecular weight is 1100 g/mol. The zero-order chi connectivity index (χ0) is 57.0. The summed E-state index contributed by atoms with van der Waals surface area (Å²) < 4.78 is 24.0. The molecule has 0 bridgehead atoms. The Morgan fingerprint density at radius 1 is 0.805 bits per heavy atom. The molecular formula is C60H84N6O9S2. The molecule has 5 aromatic rings. The third kappa shape index (κ3) is 19.1. The SMILES string of the molecule is CC.CC.CCC.CCNC(=O)CCC(C)S.COc1cc(C)c(N[C@H](O)C2Cc3ccccc3N2C=O)cc1OCc1cc(COc2cc(NCC3Cc4ccccc4N3C)c(C=O)cc2OC)cc(NC(=O)SC)c1. The molecule has 0 aromatic heterocycles. The number of amides is 3. The minimum atomic E-state index is -1.08. The number of thioether (sulfide) groups is 1. The van der Waals surface area contributed by atoms with Gasteiger partial charge in [0.2, 0.25) is 12.3 Å². The van der Waals surface area contributed by atoms with Gasteiger partial charge in [0.05, 0.1) is 26.3 Å². The van der Waals surface area contributed by atoms with E-state index in [-0.39, 0.29) is 30.4 Å². The van der Waals surface area contributed by atoms with E-state index in [1.54, 1.807) is 36.5 Å². The molecule has 77 heavy (non-hydrogen) atoms. The Morgan fingerprint density at radius 2 is 1.36 bits per heavy atom. The Balaban J connectivity index is 0.000000804. The second-order valence-corrected chi connectivity index (χ2v) is 19.4. The van der Waals surface area contributed by atoms with Crippen LogP contribution in [-0.4, -0.2) is 93.1 Å². The molecule has 3 amide bonds. The van der Waals surface area contributed by atoms with E-state index < -0.39 is 12.3 Å². The lowest BCUT2D eigenvalue weighted by Crippen LogP contribution is -2.44. The highest BCUT2D eigenvalue weighted by atomic mass is 32.2. The molecule has 0 saturated heterocycles. The van der Waals surface area contributed by atoms with Gasteiger partial charge in [-0.25, -0.2) is 0 Å². The fraction of sp³-hybridized carbons (Fsp3) is 0.433. The number of anilines is 5. The van der Waals surface area contributed by atoms with Gasteiger partial charge in [-0.05, 0) is 115 Å². The van der Waals surface area contributed by atoms with Crippen LogP contribution in [-0.2, 0) is 35.6 Å². The van der Waals surface area contributed by atoms with E-state index in [9.17, 15) is 24.3 Å². The quantitative estimate of drug-likeness (QED) is 0.0232. The molecule has 4 atom stereocenters. The number of hydrogen-bond acceptors (Lipinski definition) is 14. The van der Waals surface area contributed by atoms with Gasteiger partial charge < -0.3 is 55.1 Å². The third-order valence-corrected chi connectivity index (χ3v) is 12.9. The van der Waals surface area contributed by atoms with Crippen molar-refractivity contribution in [3.63, 3.8) is 0 Å². The van der Waals surface area contributed by atoms with Gasteiger partial charge in [-0.15, -0.1) is 0 Å². The molecule has 5 N–H and O–H groups in total. The molecular weight excluding hydrogens is 1010 g/mol. The van der Waals surface area contributed by atoms with E-state index in [0.29, 0.717) is 70.3 Å². The van der Waals surface area contributed by atoms with Crippen LogP contribution in [0, 0.1) is 6.92 Å². The van der Waals surface area contributed by atoms with E-state index >= 15 is 0 Å². The predicted molar refractivity (Wildman–Crippen MR) is 322 cm³/mol. The number of ether oxygens (including phenoxy) is 4. The maximum absolute atomic E-state index is 12.5. The summed E-state index contributed by atoms with van der Waals surface area (Å²) in [6.07, 6.45) is 6.26. The number of nitrogens with zero attached hydrogens (tertiary/aromatic N) is 2. The molecule has 2 aliphatic heterocycles.